The molecule has 0 amide bonds. The average Bonchev–Trinajstić information content (AvgIpc) is 2.16. The van der Waals surface area contributed by atoms with Crippen LogP contribution in [0, 0.1) is 10.1 Å². The number of nitro benzene ring substituents is 1. The van der Waals surface area contributed by atoms with E-state index in [1.165, 1.54) is 6.07 Å². The minimum atomic E-state index is -0.450. The lowest BCUT2D eigenvalue weighted by Gasteiger charge is -2.02. The molecule has 0 aliphatic heterocycles. The molecule has 0 spiro atoms. The van der Waals surface area contributed by atoms with Gasteiger partial charge in [-0.25, -0.2) is 0 Å². The van der Waals surface area contributed by atoms with Crippen molar-refractivity contribution in [2.45, 2.75) is 13.3 Å². The van der Waals surface area contributed by atoms with Crippen LogP contribution >= 0.6 is 0 Å². The second-order valence-electron chi connectivity index (χ2n) is 2.61. The predicted octanol–water partition coefficient (Wildman–Crippen LogP) is 1.44. The van der Waals surface area contributed by atoms with E-state index in [4.69, 9.17) is 5.84 Å². The van der Waals surface area contributed by atoms with Gasteiger partial charge >= 0.3 is 0 Å². The topological polar surface area (TPSA) is 81.2 Å². The van der Waals surface area contributed by atoms with Crippen LogP contribution < -0.4 is 11.3 Å². The molecule has 0 radical (unpaired) electrons. The fourth-order valence-electron chi connectivity index (χ4n) is 1.07. The summed E-state index contributed by atoms with van der Waals surface area (Å²) in [6.07, 6.45) is 0.770. The van der Waals surface area contributed by atoms with Crippen molar-refractivity contribution in [1.29, 1.82) is 0 Å². The fourth-order valence-corrected chi connectivity index (χ4v) is 1.07. The number of nitro groups is 1. The molecule has 0 unspecified atom stereocenters. The number of rotatable bonds is 3. The van der Waals surface area contributed by atoms with Crippen molar-refractivity contribution in [3.05, 3.63) is 33.9 Å². The van der Waals surface area contributed by atoms with Crippen LogP contribution in [0.1, 0.15) is 12.5 Å². The maximum atomic E-state index is 10.6. The normalized spacial score (nSPS) is 9.69. The molecule has 1 aromatic rings. The van der Waals surface area contributed by atoms with Crippen molar-refractivity contribution >= 4 is 11.4 Å². The van der Waals surface area contributed by atoms with Gasteiger partial charge in [0.25, 0.3) is 5.69 Å². The Morgan fingerprint density at radius 3 is 2.77 bits per heavy atom. The van der Waals surface area contributed by atoms with Crippen molar-refractivity contribution in [2.75, 3.05) is 5.43 Å². The van der Waals surface area contributed by atoms with Gasteiger partial charge in [0.15, 0.2) is 0 Å². The van der Waals surface area contributed by atoms with E-state index in [-0.39, 0.29) is 5.69 Å². The number of aryl methyl sites for hydroxylation is 1. The first kappa shape index (κ1) is 9.47. The van der Waals surface area contributed by atoms with Gasteiger partial charge in [0.2, 0.25) is 0 Å². The Bertz CT molecular complexity index is 325. The third kappa shape index (κ3) is 1.94. The summed E-state index contributed by atoms with van der Waals surface area (Å²) in [5.41, 5.74) is 3.56. The lowest BCUT2D eigenvalue weighted by molar-refractivity contribution is -0.384. The first-order valence-electron chi connectivity index (χ1n) is 3.93. The Balaban J connectivity index is 3.18. The highest BCUT2D eigenvalue weighted by molar-refractivity contribution is 5.61. The number of benzene rings is 1. The molecule has 0 aliphatic carbocycles. The Labute approximate surface area is 75.7 Å². The Morgan fingerprint density at radius 1 is 1.62 bits per heavy atom. The van der Waals surface area contributed by atoms with E-state index < -0.39 is 4.92 Å². The highest BCUT2D eigenvalue weighted by atomic mass is 16.6. The molecule has 0 aromatic heterocycles. The molecular weight excluding hydrogens is 170 g/mol. The van der Waals surface area contributed by atoms with Crippen LogP contribution in [0.4, 0.5) is 11.4 Å². The van der Waals surface area contributed by atoms with E-state index >= 15 is 0 Å². The van der Waals surface area contributed by atoms with Crippen molar-refractivity contribution < 1.29 is 4.92 Å². The molecule has 13 heavy (non-hydrogen) atoms. The number of nitrogens with one attached hydrogen (secondary N) is 1. The smallest absolute Gasteiger partial charge is 0.293 e. The second kappa shape index (κ2) is 3.86. The quantitative estimate of drug-likeness (QED) is 0.420. The third-order valence-corrected chi connectivity index (χ3v) is 1.82. The number of anilines is 1. The van der Waals surface area contributed by atoms with Crippen LogP contribution in [0.2, 0.25) is 0 Å². The summed E-state index contributed by atoms with van der Waals surface area (Å²) in [5, 5.41) is 10.6. The fraction of sp³-hybridized carbons (Fsp3) is 0.250. The number of hydrazine groups is 1. The largest absolute Gasteiger partial charge is 0.318 e. The zero-order valence-electron chi connectivity index (χ0n) is 7.28. The first-order valence-corrected chi connectivity index (χ1v) is 3.93. The molecule has 0 bridgehead atoms. The van der Waals surface area contributed by atoms with Gasteiger partial charge in [-0.3, -0.25) is 16.0 Å². The van der Waals surface area contributed by atoms with E-state index in [1.807, 2.05) is 13.0 Å². The number of nitrogen functional groups attached to an aromatic ring is 1. The van der Waals surface area contributed by atoms with Crippen LogP contribution in [0.25, 0.3) is 0 Å². The van der Waals surface area contributed by atoms with Crippen molar-refractivity contribution in [1.82, 2.24) is 0 Å². The van der Waals surface area contributed by atoms with Crippen molar-refractivity contribution in [2.24, 2.45) is 5.84 Å². The molecule has 5 heteroatoms. The predicted molar refractivity (Wildman–Crippen MR) is 50.3 cm³/mol. The molecule has 0 saturated carbocycles. The molecule has 5 nitrogen and oxygen atoms in total. The monoisotopic (exact) mass is 181 g/mol. The molecule has 70 valence electrons. The lowest BCUT2D eigenvalue weighted by Crippen LogP contribution is -2.09. The van der Waals surface area contributed by atoms with Gasteiger partial charge in [-0.1, -0.05) is 13.0 Å². The summed E-state index contributed by atoms with van der Waals surface area (Å²) in [4.78, 5) is 10.1. The van der Waals surface area contributed by atoms with Gasteiger partial charge in [-0.2, -0.15) is 0 Å². The van der Waals surface area contributed by atoms with Crippen molar-refractivity contribution in [3.8, 4) is 0 Å². The highest BCUT2D eigenvalue weighted by Crippen LogP contribution is 2.24. The summed E-state index contributed by atoms with van der Waals surface area (Å²) < 4.78 is 0. The van der Waals surface area contributed by atoms with Crippen LogP contribution in [-0.4, -0.2) is 4.92 Å². The van der Waals surface area contributed by atoms with Crippen LogP contribution in [0.5, 0.6) is 0 Å². The maximum absolute atomic E-state index is 10.6. The second-order valence-corrected chi connectivity index (χ2v) is 2.61. The molecule has 0 heterocycles. The molecule has 0 aliphatic rings. The van der Waals surface area contributed by atoms with E-state index in [0.717, 1.165) is 12.0 Å². The minimum absolute atomic E-state index is 0.0156. The van der Waals surface area contributed by atoms with Gasteiger partial charge in [0, 0.05) is 6.07 Å². The standard InChI is InChI=1S/C8H11N3O2/c1-2-6-3-4-7(10-9)8(5-6)11(12)13/h3-5,10H,2,9H2,1H3. The molecule has 3 N–H and O–H groups in total. The summed E-state index contributed by atoms with van der Waals surface area (Å²) in [5.74, 6) is 5.13. The molecular formula is C8H11N3O2. The van der Waals surface area contributed by atoms with Crippen molar-refractivity contribution in [3.63, 3.8) is 0 Å². The Morgan fingerprint density at radius 2 is 2.31 bits per heavy atom. The zero-order valence-corrected chi connectivity index (χ0v) is 7.28. The molecule has 0 atom stereocenters. The number of nitrogens with two attached hydrogens (primary N) is 1. The molecule has 1 aromatic carbocycles. The van der Waals surface area contributed by atoms with Crippen LogP contribution in [0.15, 0.2) is 18.2 Å². The number of hydrogen-bond donors (Lipinski definition) is 2. The van der Waals surface area contributed by atoms with Crippen LogP contribution in [-0.2, 0) is 6.42 Å². The summed E-state index contributed by atoms with van der Waals surface area (Å²) in [7, 11) is 0. The first-order chi connectivity index (χ1) is 6.19. The van der Waals surface area contributed by atoms with E-state index in [0.29, 0.717) is 5.69 Å². The highest BCUT2D eigenvalue weighted by Gasteiger charge is 2.12. The van der Waals surface area contributed by atoms with E-state index in [2.05, 4.69) is 5.43 Å². The molecule has 1 rings (SSSR count). The van der Waals surface area contributed by atoms with Gasteiger partial charge in [0.05, 0.1) is 4.92 Å². The van der Waals surface area contributed by atoms with Gasteiger partial charge in [-0.15, -0.1) is 0 Å². The minimum Gasteiger partial charge on any atom is -0.318 e. The van der Waals surface area contributed by atoms with E-state index in [1.54, 1.807) is 6.07 Å². The zero-order chi connectivity index (χ0) is 9.84. The molecule has 0 saturated heterocycles. The maximum Gasteiger partial charge on any atom is 0.293 e. The lowest BCUT2D eigenvalue weighted by atomic mass is 10.1. The Kier molecular flexibility index (Phi) is 2.81. The number of hydrogen-bond acceptors (Lipinski definition) is 4. The molecule has 0 fully saturated rings. The van der Waals surface area contributed by atoms with Gasteiger partial charge in [-0.05, 0) is 18.1 Å². The van der Waals surface area contributed by atoms with Gasteiger partial charge < -0.3 is 5.43 Å². The third-order valence-electron chi connectivity index (χ3n) is 1.82. The summed E-state index contributed by atoms with van der Waals surface area (Å²) in [6, 6.07) is 4.94. The summed E-state index contributed by atoms with van der Waals surface area (Å²) in [6.45, 7) is 1.94. The van der Waals surface area contributed by atoms with E-state index in [9.17, 15) is 10.1 Å². The SMILES string of the molecule is CCc1ccc(NN)c([N+](=O)[O-])c1. The summed E-state index contributed by atoms with van der Waals surface area (Å²) >= 11 is 0. The van der Waals surface area contributed by atoms with Gasteiger partial charge in [0.1, 0.15) is 5.69 Å². The Hall–Kier alpha value is -1.62. The number of nitrogens with zero attached hydrogens (tertiary/aromatic N) is 1. The average molecular weight is 181 g/mol. The van der Waals surface area contributed by atoms with Crippen LogP contribution in [0.3, 0.4) is 0 Å².